The molecule has 0 aliphatic carbocycles. The molecule has 0 bridgehead atoms. The fourth-order valence-corrected chi connectivity index (χ4v) is 2.14. The fraction of sp³-hybridized carbons (Fsp3) is 0.900. The van der Waals surface area contributed by atoms with Crippen molar-refractivity contribution in [2.45, 2.75) is 51.6 Å². The van der Waals surface area contributed by atoms with Crippen molar-refractivity contribution in [3.63, 3.8) is 0 Å². The van der Waals surface area contributed by atoms with Gasteiger partial charge in [0.05, 0.1) is 5.54 Å². The predicted octanol–water partition coefficient (Wildman–Crippen LogP) is 2.65. The number of aliphatic imine (C=N–C) groups is 1. The zero-order valence-corrected chi connectivity index (χ0v) is 10.1. The Kier molecular flexibility index (Phi) is 2.95. The summed E-state index contributed by atoms with van der Waals surface area (Å²) in [6, 6.07) is 0. The summed E-state index contributed by atoms with van der Waals surface area (Å²) in [4.78, 5) is 4.69. The van der Waals surface area contributed by atoms with Gasteiger partial charge in [-0.2, -0.15) is 0 Å². The first-order valence-electron chi connectivity index (χ1n) is 4.77. The summed E-state index contributed by atoms with van der Waals surface area (Å²) in [6.07, 6.45) is 4.40. The molecule has 0 spiro atoms. The molecule has 1 heterocycles. The molecule has 76 valence electrons. The Morgan fingerprint density at radius 3 is 2.38 bits per heavy atom. The standard InChI is InChI=1S/C10H20N2S/c1-9(2)6-7-10(3,4)12-8(11-9)13-5/h6-7H2,1-5H3,(H,11,12). The minimum atomic E-state index is 0.0963. The van der Waals surface area contributed by atoms with E-state index in [2.05, 4.69) is 39.3 Å². The molecule has 1 aliphatic heterocycles. The van der Waals surface area contributed by atoms with E-state index in [9.17, 15) is 0 Å². The molecule has 0 aromatic rings. The van der Waals surface area contributed by atoms with Crippen molar-refractivity contribution in [3.05, 3.63) is 0 Å². The molecule has 1 aliphatic rings. The van der Waals surface area contributed by atoms with Gasteiger partial charge in [0.2, 0.25) is 0 Å². The van der Waals surface area contributed by atoms with Crippen molar-refractivity contribution in [2.75, 3.05) is 6.26 Å². The molecule has 13 heavy (non-hydrogen) atoms. The highest BCUT2D eigenvalue weighted by Crippen LogP contribution is 2.27. The van der Waals surface area contributed by atoms with Crippen LogP contribution in [0.3, 0.4) is 0 Å². The zero-order chi connectivity index (χ0) is 10.1. The van der Waals surface area contributed by atoms with Crippen molar-refractivity contribution in [1.82, 2.24) is 5.32 Å². The minimum Gasteiger partial charge on any atom is -0.360 e. The number of thioether (sulfide) groups is 1. The SMILES string of the molecule is CSC1=NC(C)(C)CCC(C)(C)N1. The number of hydrogen-bond acceptors (Lipinski definition) is 3. The van der Waals surface area contributed by atoms with Crippen LogP contribution in [0.15, 0.2) is 4.99 Å². The van der Waals surface area contributed by atoms with Crippen molar-refractivity contribution in [3.8, 4) is 0 Å². The number of nitrogens with zero attached hydrogens (tertiary/aromatic N) is 1. The molecular weight excluding hydrogens is 180 g/mol. The number of rotatable bonds is 0. The Balaban J connectivity index is 2.85. The van der Waals surface area contributed by atoms with Crippen molar-refractivity contribution in [1.29, 1.82) is 0 Å². The number of hydrogen-bond donors (Lipinski definition) is 1. The van der Waals surface area contributed by atoms with Gasteiger partial charge < -0.3 is 5.32 Å². The van der Waals surface area contributed by atoms with Crippen LogP contribution < -0.4 is 5.32 Å². The van der Waals surface area contributed by atoms with Gasteiger partial charge in [0.1, 0.15) is 0 Å². The molecule has 1 N–H and O–H groups in total. The fourth-order valence-electron chi connectivity index (χ4n) is 1.43. The Hall–Kier alpha value is -0.180. The first-order chi connectivity index (χ1) is 5.85. The van der Waals surface area contributed by atoms with E-state index in [1.165, 1.54) is 6.42 Å². The molecular formula is C10H20N2S. The smallest absolute Gasteiger partial charge is 0.157 e. The molecule has 0 saturated heterocycles. The zero-order valence-electron chi connectivity index (χ0n) is 9.27. The van der Waals surface area contributed by atoms with E-state index >= 15 is 0 Å². The molecule has 0 saturated carbocycles. The van der Waals surface area contributed by atoms with Crippen LogP contribution in [0.4, 0.5) is 0 Å². The van der Waals surface area contributed by atoms with E-state index in [4.69, 9.17) is 4.99 Å². The molecule has 1 rings (SSSR count). The maximum absolute atomic E-state index is 4.69. The summed E-state index contributed by atoms with van der Waals surface area (Å²) >= 11 is 1.70. The average Bonchev–Trinajstić information content (AvgIpc) is 2.08. The van der Waals surface area contributed by atoms with Crippen LogP contribution in [-0.4, -0.2) is 22.5 Å². The second-order valence-corrected chi connectivity index (χ2v) is 5.74. The normalized spacial score (nSPS) is 25.8. The second kappa shape index (κ2) is 3.52. The van der Waals surface area contributed by atoms with Crippen LogP contribution >= 0.6 is 11.8 Å². The molecule has 0 aromatic heterocycles. The monoisotopic (exact) mass is 200 g/mol. The summed E-state index contributed by atoms with van der Waals surface area (Å²) < 4.78 is 0. The average molecular weight is 200 g/mol. The highest BCUT2D eigenvalue weighted by molar-refractivity contribution is 8.13. The molecule has 0 unspecified atom stereocenters. The maximum atomic E-state index is 4.69. The van der Waals surface area contributed by atoms with Crippen LogP contribution in [0.5, 0.6) is 0 Å². The van der Waals surface area contributed by atoms with Crippen molar-refractivity contribution in [2.24, 2.45) is 4.99 Å². The van der Waals surface area contributed by atoms with Crippen molar-refractivity contribution < 1.29 is 0 Å². The Morgan fingerprint density at radius 2 is 1.85 bits per heavy atom. The summed E-state index contributed by atoms with van der Waals surface area (Å²) in [5, 5.41) is 4.55. The molecule has 0 amide bonds. The quantitative estimate of drug-likeness (QED) is 0.650. The van der Waals surface area contributed by atoms with Crippen LogP contribution in [-0.2, 0) is 0 Å². The molecule has 0 radical (unpaired) electrons. The third-order valence-electron chi connectivity index (χ3n) is 2.40. The van der Waals surface area contributed by atoms with Crippen LogP contribution in [0.2, 0.25) is 0 Å². The Labute approximate surface area is 85.6 Å². The molecule has 3 heteroatoms. The van der Waals surface area contributed by atoms with Gasteiger partial charge in [0.15, 0.2) is 5.17 Å². The number of amidine groups is 1. The van der Waals surface area contributed by atoms with Crippen LogP contribution in [0.25, 0.3) is 0 Å². The first-order valence-corrected chi connectivity index (χ1v) is 5.99. The molecule has 2 nitrogen and oxygen atoms in total. The van der Waals surface area contributed by atoms with E-state index in [1.54, 1.807) is 11.8 Å². The first kappa shape index (κ1) is 10.9. The van der Waals surface area contributed by atoms with E-state index in [-0.39, 0.29) is 11.1 Å². The van der Waals surface area contributed by atoms with Gasteiger partial charge in [-0.15, -0.1) is 0 Å². The lowest BCUT2D eigenvalue weighted by Crippen LogP contribution is -2.40. The summed E-state index contributed by atoms with van der Waals surface area (Å²) in [6.45, 7) is 8.87. The van der Waals surface area contributed by atoms with Crippen LogP contribution in [0, 0.1) is 0 Å². The van der Waals surface area contributed by atoms with Gasteiger partial charge in [-0.25, -0.2) is 0 Å². The topological polar surface area (TPSA) is 24.4 Å². The highest BCUT2D eigenvalue weighted by Gasteiger charge is 2.28. The molecule has 0 aromatic carbocycles. The van der Waals surface area contributed by atoms with Gasteiger partial charge in [0.25, 0.3) is 0 Å². The lowest BCUT2D eigenvalue weighted by atomic mass is 9.91. The Bertz CT molecular complexity index is 219. The van der Waals surface area contributed by atoms with Gasteiger partial charge in [-0.3, -0.25) is 4.99 Å². The van der Waals surface area contributed by atoms with Crippen LogP contribution in [0.1, 0.15) is 40.5 Å². The highest BCUT2D eigenvalue weighted by atomic mass is 32.2. The second-order valence-electron chi connectivity index (χ2n) is 4.94. The minimum absolute atomic E-state index is 0.0963. The van der Waals surface area contributed by atoms with Gasteiger partial charge in [-0.1, -0.05) is 11.8 Å². The lowest BCUT2D eigenvalue weighted by Gasteiger charge is -2.25. The number of nitrogens with one attached hydrogen (secondary N) is 1. The van der Waals surface area contributed by atoms with E-state index < -0.39 is 0 Å². The third-order valence-corrected chi connectivity index (χ3v) is 2.98. The van der Waals surface area contributed by atoms with E-state index in [0.29, 0.717) is 0 Å². The lowest BCUT2D eigenvalue weighted by molar-refractivity contribution is 0.374. The van der Waals surface area contributed by atoms with E-state index in [1.807, 2.05) is 0 Å². The van der Waals surface area contributed by atoms with Gasteiger partial charge >= 0.3 is 0 Å². The van der Waals surface area contributed by atoms with E-state index in [0.717, 1.165) is 11.6 Å². The molecule has 0 atom stereocenters. The largest absolute Gasteiger partial charge is 0.360 e. The van der Waals surface area contributed by atoms with Crippen molar-refractivity contribution >= 4 is 16.9 Å². The third kappa shape index (κ3) is 3.22. The summed E-state index contributed by atoms with van der Waals surface area (Å²) in [5.41, 5.74) is 0.286. The molecule has 0 fully saturated rings. The summed E-state index contributed by atoms with van der Waals surface area (Å²) in [5.74, 6) is 0. The van der Waals surface area contributed by atoms with Gasteiger partial charge in [-0.05, 0) is 46.8 Å². The summed E-state index contributed by atoms with van der Waals surface area (Å²) in [7, 11) is 0. The van der Waals surface area contributed by atoms with Gasteiger partial charge in [0, 0.05) is 5.54 Å². The predicted molar refractivity (Wildman–Crippen MR) is 61.5 cm³/mol. The Morgan fingerprint density at radius 1 is 1.23 bits per heavy atom. The maximum Gasteiger partial charge on any atom is 0.157 e.